The molecular weight excluding hydrogens is 316 g/mol. The monoisotopic (exact) mass is 332 g/mol. The summed E-state index contributed by atoms with van der Waals surface area (Å²) in [4.78, 5) is 0. The quantitative estimate of drug-likeness (QED) is 0.814. The molecule has 0 radical (unpaired) electrons. The van der Waals surface area contributed by atoms with Gasteiger partial charge in [0.05, 0.1) is 18.2 Å². The topological polar surface area (TPSA) is 45.4 Å². The number of rotatable bonds is 6. The van der Waals surface area contributed by atoms with E-state index in [1.54, 1.807) is 6.07 Å². The summed E-state index contributed by atoms with van der Waals surface area (Å²) in [7, 11) is 0. The molecule has 1 atom stereocenters. The van der Waals surface area contributed by atoms with Crippen molar-refractivity contribution in [1.29, 1.82) is 0 Å². The molecule has 0 fully saturated rings. The smallest absolute Gasteiger partial charge is 0.141 e. The standard InChI is InChI=1S/C15H17ClFNO2.ClH/c1-2-11(9-19)18-8-12-4-6-15(20-12)10-3-5-14(17)13(16)7-10;/h3-7,11,18-19H,2,8-9H2,1H3;1H/p-1. The minimum Gasteiger partial charge on any atom is -1.00 e. The Morgan fingerprint density at radius 2 is 2.10 bits per heavy atom. The zero-order chi connectivity index (χ0) is 14.5. The molecule has 1 aromatic heterocycles. The van der Waals surface area contributed by atoms with Crippen LogP contribution in [0.3, 0.4) is 0 Å². The van der Waals surface area contributed by atoms with Crippen LogP contribution in [0.25, 0.3) is 11.3 Å². The van der Waals surface area contributed by atoms with E-state index in [1.165, 1.54) is 12.1 Å². The molecule has 1 unspecified atom stereocenters. The predicted octanol–water partition coefficient (Wildman–Crippen LogP) is 0.604. The minimum absolute atomic E-state index is 0. The van der Waals surface area contributed by atoms with Crippen molar-refractivity contribution in [2.24, 2.45) is 0 Å². The van der Waals surface area contributed by atoms with E-state index in [4.69, 9.17) is 21.1 Å². The van der Waals surface area contributed by atoms with Crippen LogP contribution in [0.2, 0.25) is 5.02 Å². The van der Waals surface area contributed by atoms with E-state index in [0.29, 0.717) is 12.3 Å². The highest BCUT2D eigenvalue weighted by Gasteiger charge is 2.09. The van der Waals surface area contributed by atoms with Crippen molar-refractivity contribution < 1.29 is 26.3 Å². The highest BCUT2D eigenvalue weighted by Crippen LogP contribution is 2.26. The molecule has 0 aliphatic rings. The van der Waals surface area contributed by atoms with Gasteiger partial charge in [-0.3, -0.25) is 0 Å². The molecular formula is C15H17Cl2FNO2-. The van der Waals surface area contributed by atoms with Gasteiger partial charge < -0.3 is 27.2 Å². The van der Waals surface area contributed by atoms with Gasteiger partial charge in [0.1, 0.15) is 17.3 Å². The van der Waals surface area contributed by atoms with Gasteiger partial charge in [-0.25, -0.2) is 4.39 Å². The molecule has 3 nitrogen and oxygen atoms in total. The second kappa shape index (κ2) is 8.39. The minimum atomic E-state index is -0.447. The fourth-order valence-corrected chi connectivity index (χ4v) is 2.04. The highest BCUT2D eigenvalue weighted by atomic mass is 35.5. The fourth-order valence-electron chi connectivity index (χ4n) is 1.86. The number of hydrogen-bond acceptors (Lipinski definition) is 3. The maximum absolute atomic E-state index is 13.1. The van der Waals surface area contributed by atoms with E-state index < -0.39 is 5.82 Å². The molecule has 0 saturated heterocycles. The number of aliphatic hydroxyl groups excluding tert-OH is 1. The van der Waals surface area contributed by atoms with E-state index in [1.807, 2.05) is 19.1 Å². The van der Waals surface area contributed by atoms with E-state index in [-0.39, 0.29) is 30.1 Å². The van der Waals surface area contributed by atoms with Gasteiger partial charge in [-0.2, -0.15) is 0 Å². The zero-order valence-corrected chi connectivity index (χ0v) is 13.1. The van der Waals surface area contributed by atoms with Gasteiger partial charge in [-0.1, -0.05) is 18.5 Å². The normalized spacial score (nSPS) is 12.0. The van der Waals surface area contributed by atoms with E-state index in [9.17, 15) is 4.39 Å². The third-order valence-electron chi connectivity index (χ3n) is 3.14. The molecule has 0 saturated carbocycles. The van der Waals surface area contributed by atoms with Crippen molar-refractivity contribution in [2.75, 3.05) is 6.61 Å². The molecule has 0 spiro atoms. The Bertz CT molecular complexity index is 571. The molecule has 0 aliphatic heterocycles. The van der Waals surface area contributed by atoms with Crippen LogP contribution in [0.5, 0.6) is 0 Å². The van der Waals surface area contributed by atoms with Crippen LogP contribution in [0.15, 0.2) is 34.7 Å². The van der Waals surface area contributed by atoms with Crippen LogP contribution in [0, 0.1) is 5.82 Å². The maximum Gasteiger partial charge on any atom is 0.141 e. The van der Waals surface area contributed by atoms with Crippen LogP contribution in [-0.2, 0) is 6.54 Å². The highest BCUT2D eigenvalue weighted by molar-refractivity contribution is 6.31. The summed E-state index contributed by atoms with van der Waals surface area (Å²) >= 11 is 5.75. The molecule has 0 bridgehead atoms. The number of halogens is 3. The maximum atomic E-state index is 13.1. The van der Waals surface area contributed by atoms with Crippen molar-refractivity contribution in [3.63, 3.8) is 0 Å². The summed E-state index contributed by atoms with van der Waals surface area (Å²) in [5.41, 5.74) is 0.733. The number of furan rings is 1. The Morgan fingerprint density at radius 3 is 2.71 bits per heavy atom. The third-order valence-corrected chi connectivity index (χ3v) is 3.43. The van der Waals surface area contributed by atoms with E-state index in [2.05, 4.69) is 5.32 Å². The molecule has 2 aromatic rings. The second-order valence-electron chi connectivity index (χ2n) is 4.56. The lowest BCUT2D eigenvalue weighted by Crippen LogP contribution is -3.00. The summed E-state index contributed by atoms with van der Waals surface area (Å²) in [6.45, 7) is 2.63. The number of hydrogen-bond donors (Lipinski definition) is 2. The second-order valence-corrected chi connectivity index (χ2v) is 4.97. The van der Waals surface area contributed by atoms with Crippen molar-refractivity contribution in [1.82, 2.24) is 5.32 Å². The first-order valence-corrected chi connectivity index (χ1v) is 6.90. The summed E-state index contributed by atoms with van der Waals surface area (Å²) in [6.07, 6.45) is 0.845. The molecule has 1 heterocycles. The largest absolute Gasteiger partial charge is 1.00 e. The van der Waals surface area contributed by atoms with E-state index in [0.717, 1.165) is 17.7 Å². The molecule has 2 rings (SSSR count). The molecule has 0 aliphatic carbocycles. The first-order chi connectivity index (χ1) is 9.63. The Balaban J connectivity index is 0.00000220. The number of benzene rings is 1. The average molecular weight is 333 g/mol. The third kappa shape index (κ3) is 4.71. The summed E-state index contributed by atoms with van der Waals surface area (Å²) < 4.78 is 18.8. The number of aliphatic hydroxyl groups is 1. The summed E-state index contributed by atoms with van der Waals surface area (Å²) in [5, 5.41) is 12.4. The van der Waals surface area contributed by atoms with Crippen molar-refractivity contribution in [3.05, 3.63) is 46.9 Å². The molecule has 21 heavy (non-hydrogen) atoms. The van der Waals surface area contributed by atoms with E-state index >= 15 is 0 Å². The molecule has 6 heteroatoms. The summed E-state index contributed by atoms with van der Waals surface area (Å²) in [6, 6.07) is 8.21. The first kappa shape index (κ1) is 18.0. The van der Waals surface area contributed by atoms with Crippen LogP contribution in [0.4, 0.5) is 4.39 Å². The van der Waals surface area contributed by atoms with Crippen LogP contribution >= 0.6 is 11.6 Å². The van der Waals surface area contributed by atoms with Crippen molar-refractivity contribution in [3.8, 4) is 11.3 Å². The van der Waals surface area contributed by atoms with Crippen molar-refractivity contribution >= 4 is 11.6 Å². The Hall–Kier alpha value is -1.07. The van der Waals surface area contributed by atoms with Crippen molar-refractivity contribution in [2.45, 2.75) is 25.9 Å². The van der Waals surface area contributed by atoms with Crippen LogP contribution in [-0.4, -0.2) is 17.8 Å². The van der Waals surface area contributed by atoms with Gasteiger partial charge in [0, 0.05) is 11.6 Å². The van der Waals surface area contributed by atoms with Gasteiger partial charge in [-0.05, 0) is 36.8 Å². The summed E-state index contributed by atoms with van der Waals surface area (Å²) in [5.74, 6) is 0.950. The Labute approximate surface area is 134 Å². The first-order valence-electron chi connectivity index (χ1n) is 6.52. The Morgan fingerprint density at radius 1 is 1.33 bits per heavy atom. The zero-order valence-electron chi connectivity index (χ0n) is 11.6. The van der Waals surface area contributed by atoms with Crippen LogP contribution < -0.4 is 17.7 Å². The lowest BCUT2D eigenvalue weighted by atomic mass is 10.2. The van der Waals surface area contributed by atoms with Gasteiger partial charge in [0.2, 0.25) is 0 Å². The number of nitrogens with one attached hydrogen (secondary N) is 1. The van der Waals surface area contributed by atoms with Gasteiger partial charge >= 0.3 is 0 Å². The fraction of sp³-hybridized carbons (Fsp3) is 0.333. The Kier molecular flexibility index (Phi) is 7.18. The average Bonchev–Trinajstić information content (AvgIpc) is 2.92. The van der Waals surface area contributed by atoms with Gasteiger partial charge in [-0.15, -0.1) is 0 Å². The molecule has 2 N–H and O–H groups in total. The lowest BCUT2D eigenvalue weighted by molar-refractivity contribution is -0.00000621. The molecule has 116 valence electrons. The SMILES string of the molecule is CCC(CO)NCc1ccc(-c2ccc(F)c(Cl)c2)o1.[Cl-]. The van der Waals surface area contributed by atoms with Gasteiger partial charge in [0.25, 0.3) is 0 Å². The molecule has 0 amide bonds. The van der Waals surface area contributed by atoms with Crippen LogP contribution in [0.1, 0.15) is 19.1 Å². The predicted molar refractivity (Wildman–Crippen MR) is 77.1 cm³/mol. The lowest BCUT2D eigenvalue weighted by Gasteiger charge is -2.12. The molecule has 1 aromatic carbocycles. The van der Waals surface area contributed by atoms with Gasteiger partial charge in [0.15, 0.2) is 0 Å².